The zero-order valence-corrected chi connectivity index (χ0v) is 31.1. The molecule has 1 unspecified atom stereocenters. The SMILES string of the molecule is CC1(C)c2ccccc2-c2cc(N(c3ccccc3)C3C=c4sc5cc(-c6ccc7c(c6)c6ccccc6n7-c6ccccc6)ccc5c4=CC3)ccc21. The Morgan fingerprint density at radius 2 is 1.28 bits per heavy atom. The molecule has 0 amide bonds. The number of para-hydroxylation sites is 3. The molecule has 258 valence electrons. The van der Waals surface area contributed by atoms with Crippen LogP contribution in [0.25, 0.3) is 72.0 Å². The highest BCUT2D eigenvalue weighted by atomic mass is 32.1. The molecule has 0 N–H and O–H groups in total. The van der Waals surface area contributed by atoms with Crippen molar-refractivity contribution >= 4 is 66.8 Å². The molecule has 2 nitrogen and oxygen atoms in total. The topological polar surface area (TPSA) is 8.17 Å². The third kappa shape index (κ3) is 4.71. The number of nitrogens with zero attached hydrogens (tertiary/aromatic N) is 2. The zero-order chi connectivity index (χ0) is 36.0. The normalized spacial score (nSPS) is 15.4. The Morgan fingerprint density at radius 3 is 2.15 bits per heavy atom. The monoisotopic (exact) mass is 710 g/mol. The number of hydrogen-bond donors (Lipinski definition) is 0. The van der Waals surface area contributed by atoms with Crippen molar-refractivity contribution in [3.63, 3.8) is 0 Å². The fraction of sp³-hybridized carbons (Fsp3) is 0.0980. The number of hydrogen-bond acceptors (Lipinski definition) is 2. The van der Waals surface area contributed by atoms with E-state index in [4.69, 9.17) is 0 Å². The van der Waals surface area contributed by atoms with Gasteiger partial charge in [0.05, 0.1) is 17.1 Å². The van der Waals surface area contributed by atoms with Crippen molar-refractivity contribution in [3.8, 4) is 27.9 Å². The van der Waals surface area contributed by atoms with Gasteiger partial charge in [-0.2, -0.15) is 0 Å². The molecule has 2 aliphatic carbocycles. The fourth-order valence-electron chi connectivity index (χ4n) is 9.30. The summed E-state index contributed by atoms with van der Waals surface area (Å²) in [4.78, 5) is 2.55. The molecule has 1 atom stereocenters. The highest BCUT2D eigenvalue weighted by Gasteiger charge is 2.36. The lowest BCUT2D eigenvalue weighted by Crippen LogP contribution is -2.36. The molecule has 2 aromatic heterocycles. The van der Waals surface area contributed by atoms with E-state index in [1.54, 1.807) is 0 Å². The molecule has 54 heavy (non-hydrogen) atoms. The average molecular weight is 711 g/mol. The van der Waals surface area contributed by atoms with Crippen LogP contribution in [-0.2, 0) is 5.41 Å². The van der Waals surface area contributed by atoms with Gasteiger partial charge in [-0.25, -0.2) is 0 Å². The summed E-state index contributed by atoms with van der Waals surface area (Å²) in [6, 6.07) is 60.7. The summed E-state index contributed by atoms with van der Waals surface area (Å²) in [6.07, 6.45) is 5.93. The van der Waals surface area contributed by atoms with Crippen LogP contribution in [-0.4, -0.2) is 10.6 Å². The minimum Gasteiger partial charge on any atom is -0.334 e. The van der Waals surface area contributed by atoms with Gasteiger partial charge in [-0.05, 0) is 112 Å². The van der Waals surface area contributed by atoms with Crippen LogP contribution in [0.2, 0.25) is 0 Å². The number of aromatic nitrogens is 1. The van der Waals surface area contributed by atoms with E-state index in [9.17, 15) is 0 Å². The van der Waals surface area contributed by atoms with E-state index in [1.807, 2.05) is 11.3 Å². The molecule has 11 rings (SSSR count). The first-order valence-electron chi connectivity index (χ1n) is 19.0. The highest BCUT2D eigenvalue weighted by Crippen LogP contribution is 2.50. The molecule has 0 saturated heterocycles. The van der Waals surface area contributed by atoms with Crippen molar-refractivity contribution in [3.05, 3.63) is 185 Å². The van der Waals surface area contributed by atoms with Crippen molar-refractivity contribution in [2.45, 2.75) is 31.7 Å². The van der Waals surface area contributed by atoms with Crippen LogP contribution in [0.5, 0.6) is 0 Å². The van der Waals surface area contributed by atoms with Crippen LogP contribution in [0.1, 0.15) is 31.4 Å². The fourth-order valence-corrected chi connectivity index (χ4v) is 10.5. The van der Waals surface area contributed by atoms with Crippen LogP contribution >= 0.6 is 11.3 Å². The first kappa shape index (κ1) is 31.4. The third-order valence-electron chi connectivity index (χ3n) is 11.9. The summed E-state index contributed by atoms with van der Waals surface area (Å²) in [6.45, 7) is 4.71. The summed E-state index contributed by atoms with van der Waals surface area (Å²) in [7, 11) is 0. The maximum absolute atomic E-state index is 2.55. The minimum atomic E-state index is -0.00952. The number of anilines is 2. The second-order valence-electron chi connectivity index (χ2n) is 15.3. The Bertz CT molecular complexity index is 3060. The van der Waals surface area contributed by atoms with Gasteiger partial charge >= 0.3 is 0 Å². The smallest absolute Gasteiger partial charge is 0.0573 e. The van der Waals surface area contributed by atoms with Crippen LogP contribution in [0.3, 0.4) is 0 Å². The number of rotatable bonds is 5. The Hall–Kier alpha value is -6.16. The number of benzene rings is 7. The molecule has 9 aromatic rings. The molecule has 7 aromatic carbocycles. The zero-order valence-electron chi connectivity index (χ0n) is 30.3. The van der Waals surface area contributed by atoms with Crippen molar-refractivity contribution in [1.29, 1.82) is 0 Å². The molecule has 0 aliphatic heterocycles. The molecule has 0 fully saturated rings. The van der Waals surface area contributed by atoms with Gasteiger partial charge in [-0.3, -0.25) is 0 Å². The predicted octanol–water partition coefficient (Wildman–Crippen LogP) is 12.1. The molecule has 2 heterocycles. The Balaban J connectivity index is 1.00. The van der Waals surface area contributed by atoms with Gasteiger partial charge in [0.2, 0.25) is 0 Å². The van der Waals surface area contributed by atoms with Gasteiger partial charge < -0.3 is 9.47 Å². The maximum Gasteiger partial charge on any atom is 0.0573 e. The largest absolute Gasteiger partial charge is 0.334 e. The van der Waals surface area contributed by atoms with Gasteiger partial charge in [0.1, 0.15) is 0 Å². The van der Waals surface area contributed by atoms with Crippen molar-refractivity contribution < 1.29 is 0 Å². The molecule has 0 spiro atoms. The first-order valence-corrected chi connectivity index (χ1v) is 19.8. The van der Waals surface area contributed by atoms with E-state index in [1.165, 1.54) is 92.1 Å². The van der Waals surface area contributed by atoms with Crippen molar-refractivity contribution in [2.24, 2.45) is 0 Å². The molecular weight excluding hydrogens is 673 g/mol. The van der Waals surface area contributed by atoms with Gasteiger partial charge in [-0.15, -0.1) is 11.3 Å². The second-order valence-corrected chi connectivity index (χ2v) is 16.4. The molecule has 0 bridgehead atoms. The second kappa shape index (κ2) is 11.9. The van der Waals surface area contributed by atoms with E-state index in [0.29, 0.717) is 0 Å². The van der Waals surface area contributed by atoms with E-state index in [0.717, 1.165) is 6.42 Å². The lowest BCUT2D eigenvalue weighted by Gasteiger charge is -2.33. The minimum absolute atomic E-state index is 0.00952. The van der Waals surface area contributed by atoms with Crippen molar-refractivity contribution in [1.82, 2.24) is 4.57 Å². The molecule has 3 heteroatoms. The number of fused-ring (bicyclic) bond motifs is 9. The van der Waals surface area contributed by atoms with Gasteiger partial charge in [0, 0.05) is 47.9 Å². The Morgan fingerprint density at radius 1 is 0.574 bits per heavy atom. The third-order valence-corrected chi connectivity index (χ3v) is 13.0. The summed E-state index contributed by atoms with van der Waals surface area (Å²) in [5.41, 5.74) is 14.1. The van der Waals surface area contributed by atoms with E-state index in [-0.39, 0.29) is 11.5 Å². The van der Waals surface area contributed by atoms with Crippen LogP contribution in [0.15, 0.2) is 164 Å². The van der Waals surface area contributed by atoms with Crippen LogP contribution < -0.4 is 14.7 Å². The summed E-state index contributed by atoms with van der Waals surface area (Å²) >= 11 is 1.92. The summed E-state index contributed by atoms with van der Waals surface area (Å²) in [5, 5.41) is 5.27. The average Bonchev–Trinajstić information content (AvgIpc) is 3.83. The lowest BCUT2D eigenvalue weighted by molar-refractivity contribution is 0.660. The maximum atomic E-state index is 2.55. The van der Waals surface area contributed by atoms with E-state index in [2.05, 4.69) is 199 Å². The summed E-state index contributed by atoms with van der Waals surface area (Å²) < 4.78 is 5.07. The molecule has 0 saturated carbocycles. The van der Waals surface area contributed by atoms with Crippen LogP contribution in [0.4, 0.5) is 11.4 Å². The van der Waals surface area contributed by atoms with Gasteiger partial charge in [0.15, 0.2) is 0 Å². The summed E-state index contributed by atoms with van der Waals surface area (Å²) in [5.74, 6) is 0. The molecular formula is C51H38N2S. The van der Waals surface area contributed by atoms with Gasteiger partial charge in [0.25, 0.3) is 0 Å². The standard InChI is InChI=1S/C51H38N2S/c1-51(2)45-19-11-9-17-39(45)43-31-37(24-27-46(43)51)52(35-13-5-3-6-14-35)38-23-26-42-41-25-21-34(30-49(41)54-50(42)32-38)33-22-28-48-44(29-33)40-18-10-12-20-47(40)53(48)36-15-7-4-8-16-36/h3-22,24-32,38H,23H2,1-2H3. The predicted molar refractivity (Wildman–Crippen MR) is 231 cm³/mol. The van der Waals surface area contributed by atoms with Gasteiger partial charge in [-0.1, -0.05) is 123 Å². The first-order chi connectivity index (χ1) is 26.5. The highest BCUT2D eigenvalue weighted by molar-refractivity contribution is 7.17. The Labute approximate surface area is 319 Å². The van der Waals surface area contributed by atoms with Crippen LogP contribution in [0, 0.1) is 0 Å². The lowest BCUT2D eigenvalue weighted by atomic mass is 9.82. The Kier molecular flexibility index (Phi) is 6.93. The van der Waals surface area contributed by atoms with E-state index < -0.39 is 0 Å². The number of thiophene rings is 1. The molecule has 2 aliphatic rings. The van der Waals surface area contributed by atoms with E-state index >= 15 is 0 Å². The quantitative estimate of drug-likeness (QED) is 0.173. The van der Waals surface area contributed by atoms with Crippen molar-refractivity contribution in [2.75, 3.05) is 4.90 Å². The molecule has 0 radical (unpaired) electrons.